The average Bonchev–Trinajstić information content (AvgIpc) is 3.16. The number of carboxylic acid groups (broad SMARTS) is 1. The summed E-state index contributed by atoms with van der Waals surface area (Å²) in [5.74, 6) is -7.61. The molecule has 12 atom stereocenters. The number of ketones is 2. The second-order valence-electron chi connectivity index (χ2n) is 14.9. The van der Waals surface area contributed by atoms with Gasteiger partial charge in [-0.05, 0) is 56.6 Å². The first-order valence-corrected chi connectivity index (χ1v) is 18.4. The number of aromatic hydroxyl groups is 4. The van der Waals surface area contributed by atoms with E-state index in [0.717, 1.165) is 18.2 Å². The Labute approximate surface area is 333 Å². The number of rotatable bonds is 8. The van der Waals surface area contributed by atoms with Gasteiger partial charge in [-0.2, -0.15) is 0 Å². The molecule has 0 bridgehead atoms. The molecule has 59 heavy (non-hydrogen) atoms. The fourth-order valence-corrected chi connectivity index (χ4v) is 8.19. The molecule has 20 nitrogen and oxygen atoms in total. The molecular formula is C39H42N2O18. The van der Waals surface area contributed by atoms with Crippen molar-refractivity contribution in [3.8, 4) is 34.1 Å². The summed E-state index contributed by atoms with van der Waals surface area (Å²) in [5.41, 5.74) is -3.84. The van der Waals surface area contributed by atoms with Gasteiger partial charge in [0.25, 0.3) is 5.91 Å². The minimum absolute atomic E-state index is 0.0169. The third-order valence-electron chi connectivity index (χ3n) is 11.2. The molecule has 0 saturated carbocycles. The first-order valence-electron chi connectivity index (χ1n) is 18.4. The van der Waals surface area contributed by atoms with Crippen molar-refractivity contribution in [3.63, 3.8) is 0 Å². The molecule has 20 heteroatoms. The number of carbonyl (C=O) groups excluding carboxylic acids is 3. The second-order valence-corrected chi connectivity index (χ2v) is 14.9. The molecule has 2 aliphatic carbocycles. The van der Waals surface area contributed by atoms with Crippen molar-refractivity contribution in [1.82, 2.24) is 10.6 Å². The van der Waals surface area contributed by atoms with Gasteiger partial charge in [0, 0.05) is 28.3 Å². The monoisotopic (exact) mass is 826 g/mol. The summed E-state index contributed by atoms with van der Waals surface area (Å²) in [6.07, 6.45) is -15.6. The largest absolute Gasteiger partial charge is 0.508 e. The highest BCUT2D eigenvalue weighted by molar-refractivity contribution is 6.31. The lowest BCUT2D eigenvalue weighted by atomic mass is 9.74. The van der Waals surface area contributed by atoms with Gasteiger partial charge >= 0.3 is 5.97 Å². The van der Waals surface area contributed by atoms with Gasteiger partial charge in [0.2, 0.25) is 0 Å². The molecule has 3 aromatic rings. The van der Waals surface area contributed by atoms with E-state index >= 15 is 0 Å². The van der Waals surface area contributed by atoms with Gasteiger partial charge in [0.15, 0.2) is 24.1 Å². The third-order valence-corrected chi connectivity index (χ3v) is 11.2. The van der Waals surface area contributed by atoms with Gasteiger partial charge in [-0.15, -0.1) is 0 Å². The van der Waals surface area contributed by atoms with Crippen molar-refractivity contribution in [1.29, 1.82) is 0 Å². The summed E-state index contributed by atoms with van der Waals surface area (Å²) >= 11 is 0. The number of amides is 1. The molecule has 2 fully saturated rings. The van der Waals surface area contributed by atoms with Crippen LogP contribution in [0.15, 0.2) is 24.3 Å². The summed E-state index contributed by atoms with van der Waals surface area (Å²) in [7, 11) is 1.53. The number of aliphatic carboxylic acids is 1. The average molecular weight is 827 g/mol. The van der Waals surface area contributed by atoms with Gasteiger partial charge in [0.05, 0.1) is 35.4 Å². The smallest absolute Gasteiger partial charge is 0.325 e. The first kappa shape index (κ1) is 41.9. The molecule has 2 heterocycles. The van der Waals surface area contributed by atoms with E-state index in [1.807, 2.05) is 0 Å². The number of carbonyl (C=O) groups is 4. The third kappa shape index (κ3) is 6.76. The Morgan fingerprint density at radius 2 is 1.46 bits per heavy atom. The topological polar surface area (TPSA) is 332 Å². The molecule has 3 aromatic carbocycles. The highest BCUT2D eigenvalue weighted by Gasteiger charge is 2.51. The molecule has 4 aliphatic rings. The lowest BCUT2D eigenvalue weighted by Gasteiger charge is -2.47. The summed E-state index contributed by atoms with van der Waals surface area (Å²) in [5, 5.41) is 114. The van der Waals surface area contributed by atoms with Crippen LogP contribution in [0.4, 0.5) is 0 Å². The van der Waals surface area contributed by atoms with E-state index in [9.17, 15) is 70.2 Å². The van der Waals surface area contributed by atoms with Crippen LogP contribution >= 0.6 is 0 Å². The van der Waals surface area contributed by atoms with Crippen LogP contribution in [-0.4, -0.2) is 149 Å². The number of hydrogen-bond acceptors (Lipinski definition) is 18. The van der Waals surface area contributed by atoms with Crippen LogP contribution in [0.3, 0.4) is 0 Å². The molecule has 12 N–H and O–H groups in total. The number of ether oxygens (including phenoxy) is 4. The van der Waals surface area contributed by atoms with Crippen molar-refractivity contribution in [2.45, 2.75) is 94.3 Å². The summed E-state index contributed by atoms with van der Waals surface area (Å²) in [6.45, 7) is 3.71. The van der Waals surface area contributed by atoms with Crippen LogP contribution in [-0.2, 0) is 23.7 Å². The van der Waals surface area contributed by atoms with E-state index in [0.29, 0.717) is 0 Å². The molecule has 1 amide bonds. The fraction of sp³-hybridized carbons (Fsp3) is 0.436. The predicted octanol–water partition coefficient (Wildman–Crippen LogP) is -0.915. The lowest BCUT2D eigenvalue weighted by molar-refractivity contribution is -0.339. The Morgan fingerprint density at radius 3 is 2.12 bits per heavy atom. The maximum absolute atomic E-state index is 13.9. The molecule has 0 spiro atoms. The number of phenolic OH excluding ortho intramolecular Hbond substituents is 4. The number of aliphatic hydroxyl groups is 5. The second kappa shape index (κ2) is 15.4. The quantitative estimate of drug-likeness (QED) is 0.102. The van der Waals surface area contributed by atoms with Crippen LogP contribution in [0.2, 0.25) is 0 Å². The Kier molecular flexibility index (Phi) is 10.9. The van der Waals surface area contributed by atoms with Gasteiger partial charge in [-0.25, -0.2) is 0 Å². The summed E-state index contributed by atoms with van der Waals surface area (Å²) in [4.78, 5) is 52.9. The van der Waals surface area contributed by atoms with Gasteiger partial charge in [-0.3, -0.25) is 19.2 Å². The minimum atomic E-state index is -1.91. The molecule has 0 radical (unpaired) electrons. The zero-order valence-corrected chi connectivity index (χ0v) is 31.7. The Balaban J connectivity index is 1.36. The molecule has 0 aromatic heterocycles. The maximum Gasteiger partial charge on any atom is 0.325 e. The van der Waals surface area contributed by atoms with Crippen molar-refractivity contribution in [2.24, 2.45) is 0 Å². The first-order chi connectivity index (χ1) is 27.8. The Morgan fingerprint density at radius 1 is 0.814 bits per heavy atom. The molecule has 2 aliphatic heterocycles. The SMILES string of the molecule is CNC1[C@@H](C)O[C@H](O[C@H]2c3cc(C)c(C(=O)NC(C)C(=O)O)c(O)c3-c3c(cc4c(c3O)C(=O)c3cc(O)cc(O)c3C4=O)[C@@H]2O)[C@H](O)[C@H]1O[C@@H]1OC[C@H](O)[C@@H](O)[C@@H]1O. The van der Waals surface area contributed by atoms with Gasteiger partial charge in [-0.1, -0.05) is 6.07 Å². The Hall–Kier alpha value is -5.26. The summed E-state index contributed by atoms with van der Waals surface area (Å²) < 4.78 is 23.7. The number of fused-ring (bicyclic) bond motifs is 5. The van der Waals surface area contributed by atoms with Crippen LogP contribution in [0, 0.1) is 6.92 Å². The minimum Gasteiger partial charge on any atom is -0.508 e. The maximum atomic E-state index is 13.9. The number of benzene rings is 3. The van der Waals surface area contributed by atoms with E-state index in [4.69, 9.17) is 18.9 Å². The van der Waals surface area contributed by atoms with E-state index in [1.54, 1.807) is 6.92 Å². The lowest BCUT2D eigenvalue weighted by Crippen LogP contribution is -2.65. The van der Waals surface area contributed by atoms with Crippen molar-refractivity contribution >= 4 is 23.4 Å². The molecule has 2 saturated heterocycles. The number of aliphatic hydroxyl groups excluding tert-OH is 5. The zero-order chi connectivity index (χ0) is 43.1. The standard InChI is InChI=1S/C39H42N2O18/c1-10-5-17-23(30(49)20(10)36(53)41-11(2)37(54)55)22-15(8-16-24(31(22)50)27(46)14-6-13(42)7-18(43)21(14)26(16)45)28(47)34(17)58-39-33(52)35(25(40-4)12(3)57-39)59-38-32(51)29(48)19(44)9-56-38/h5-8,11-12,19,25,28-29,32-35,38-40,42-44,47-52H,9H2,1-4H3,(H,41,53)(H,54,55)/t11?,12-,19+,25?,28+,29-,32+,33-,34+,35+,38+,39-/m1/s1. The number of likely N-dealkylation sites (N-methyl/N-ethyl adjacent to an activating group) is 1. The Bertz CT molecular complexity index is 2260. The fourth-order valence-electron chi connectivity index (χ4n) is 8.19. The van der Waals surface area contributed by atoms with Crippen LogP contribution in [0.5, 0.6) is 23.0 Å². The summed E-state index contributed by atoms with van der Waals surface area (Å²) in [6, 6.07) is 1.81. The zero-order valence-electron chi connectivity index (χ0n) is 31.7. The number of phenols is 4. The molecule has 7 rings (SSSR count). The van der Waals surface area contributed by atoms with E-state index < -0.39 is 165 Å². The van der Waals surface area contributed by atoms with Crippen molar-refractivity contribution in [2.75, 3.05) is 13.7 Å². The van der Waals surface area contributed by atoms with E-state index in [-0.39, 0.29) is 16.7 Å². The highest BCUT2D eigenvalue weighted by Crippen LogP contribution is 2.57. The van der Waals surface area contributed by atoms with E-state index in [2.05, 4.69) is 10.6 Å². The van der Waals surface area contributed by atoms with Crippen molar-refractivity contribution in [3.05, 3.63) is 68.8 Å². The molecular weight excluding hydrogens is 784 g/mol. The van der Waals surface area contributed by atoms with E-state index in [1.165, 1.54) is 27.0 Å². The number of aryl methyl sites for hydroxylation is 1. The highest BCUT2D eigenvalue weighted by atomic mass is 16.7. The van der Waals surface area contributed by atoms with Gasteiger partial charge in [0.1, 0.15) is 71.8 Å². The predicted molar refractivity (Wildman–Crippen MR) is 196 cm³/mol. The number of nitrogens with one attached hydrogen (secondary N) is 2. The van der Waals surface area contributed by atoms with Crippen LogP contribution < -0.4 is 10.6 Å². The van der Waals surface area contributed by atoms with Crippen LogP contribution in [0.1, 0.15) is 84.9 Å². The normalized spacial score (nSPS) is 30.4. The molecule has 316 valence electrons. The van der Waals surface area contributed by atoms with Crippen molar-refractivity contribution < 1.29 is 89.2 Å². The van der Waals surface area contributed by atoms with Gasteiger partial charge < -0.3 is 80.6 Å². The number of hydrogen-bond donors (Lipinski definition) is 12. The number of carboxylic acids is 1. The molecule has 2 unspecified atom stereocenters. The van der Waals surface area contributed by atoms with Crippen LogP contribution in [0.25, 0.3) is 11.1 Å².